The van der Waals surface area contributed by atoms with Gasteiger partial charge < -0.3 is 14.7 Å². The van der Waals surface area contributed by atoms with Crippen LogP contribution in [0.3, 0.4) is 0 Å². The highest BCUT2D eigenvalue weighted by molar-refractivity contribution is 5.98. The Morgan fingerprint density at radius 1 is 1.29 bits per heavy atom. The maximum absolute atomic E-state index is 12.9. The number of carbonyl (C=O) groups excluding carboxylic acids is 1. The first-order valence-corrected chi connectivity index (χ1v) is 8.44. The highest BCUT2D eigenvalue weighted by Crippen LogP contribution is 2.25. The average molecular weight is 328 g/mol. The van der Waals surface area contributed by atoms with E-state index in [0.29, 0.717) is 5.56 Å². The van der Waals surface area contributed by atoms with Gasteiger partial charge in [-0.3, -0.25) is 9.78 Å². The molecule has 5 nitrogen and oxygen atoms in total. The standard InChI is InChI=1S/C19H24N2O3/c1-21(16-7-3-4-8-17(24-2)18(16)22)19(23)14-9-10-15-13(12-14)6-5-11-20-15/h5-6,9-12,16-18,22H,3-4,7-8H2,1-2H3/t16-,17-,18-/m1/s1. The van der Waals surface area contributed by atoms with Crippen LogP contribution >= 0.6 is 0 Å². The minimum atomic E-state index is -0.659. The zero-order chi connectivity index (χ0) is 17.1. The molecule has 3 atom stereocenters. The Morgan fingerprint density at radius 3 is 2.88 bits per heavy atom. The third-order valence-corrected chi connectivity index (χ3v) is 4.98. The molecule has 1 fully saturated rings. The topological polar surface area (TPSA) is 62.7 Å². The molecule has 0 spiro atoms. The van der Waals surface area contributed by atoms with E-state index in [0.717, 1.165) is 36.6 Å². The van der Waals surface area contributed by atoms with Crippen molar-refractivity contribution in [2.24, 2.45) is 0 Å². The second-order valence-electron chi connectivity index (χ2n) is 6.44. The Kier molecular flexibility index (Phi) is 5.11. The molecule has 2 aromatic rings. The van der Waals surface area contributed by atoms with Crippen molar-refractivity contribution in [3.05, 3.63) is 42.1 Å². The lowest BCUT2D eigenvalue weighted by atomic mass is 10.0. The van der Waals surface area contributed by atoms with Gasteiger partial charge in [-0.15, -0.1) is 0 Å². The fourth-order valence-corrected chi connectivity index (χ4v) is 3.53. The second kappa shape index (κ2) is 7.28. The number of pyridine rings is 1. The Balaban J connectivity index is 1.84. The molecule has 1 N–H and O–H groups in total. The molecule has 1 aromatic carbocycles. The van der Waals surface area contributed by atoms with Crippen molar-refractivity contribution in [1.29, 1.82) is 0 Å². The minimum Gasteiger partial charge on any atom is -0.388 e. The first kappa shape index (κ1) is 16.9. The number of hydrogen-bond acceptors (Lipinski definition) is 4. The summed E-state index contributed by atoms with van der Waals surface area (Å²) in [5, 5.41) is 11.6. The predicted molar refractivity (Wildman–Crippen MR) is 92.9 cm³/mol. The highest BCUT2D eigenvalue weighted by atomic mass is 16.5. The van der Waals surface area contributed by atoms with Gasteiger partial charge in [-0.2, -0.15) is 0 Å². The van der Waals surface area contributed by atoms with Crippen LogP contribution in [0.4, 0.5) is 0 Å². The Labute approximate surface area is 142 Å². The number of aliphatic hydroxyl groups excluding tert-OH is 1. The van der Waals surface area contributed by atoms with Crippen LogP contribution in [0, 0.1) is 0 Å². The van der Waals surface area contributed by atoms with Gasteiger partial charge in [0.15, 0.2) is 0 Å². The number of likely N-dealkylation sites (N-methyl/N-ethyl adjacent to an activating group) is 1. The fraction of sp³-hybridized carbons (Fsp3) is 0.474. The molecule has 24 heavy (non-hydrogen) atoms. The summed E-state index contributed by atoms with van der Waals surface area (Å²) in [6.45, 7) is 0. The first-order chi connectivity index (χ1) is 11.6. The number of nitrogens with zero attached hydrogens (tertiary/aromatic N) is 2. The molecule has 0 saturated heterocycles. The van der Waals surface area contributed by atoms with Gasteiger partial charge in [-0.1, -0.05) is 18.9 Å². The number of rotatable bonds is 3. The molecule has 1 saturated carbocycles. The van der Waals surface area contributed by atoms with E-state index in [4.69, 9.17) is 4.74 Å². The van der Waals surface area contributed by atoms with E-state index in [2.05, 4.69) is 4.98 Å². The summed E-state index contributed by atoms with van der Waals surface area (Å²) in [5.41, 5.74) is 1.48. The average Bonchev–Trinajstić information content (AvgIpc) is 2.81. The normalized spacial score (nSPS) is 24.5. The van der Waals surface area contributed by atoms with E-state index >= 15 is 0 Å². The quantitative estimate of drug-likeness (QED) is 0.880. The summed E-state index contributed by atoms with van der Waals surface area (Å²) in [5.74, 6) is -0.0819. The van der Waals surface area contributed by atoms with Gasteiger partial charge in [0.1, 0.15) is 6.10 Å². The third kappa shape index (κ3) is 3.28. The van der Waals surface area contributed by atoms with Crippen LogP contribution < -0.4 is 0 Å². The minimum absolute atomic E-state index is 0.0819. The number of aliphatic hydroxyl groups is 1. The molecule has 0 aliphatic heterocycles. The molecule has 0 unspecified atom stereocenters. The van der Waals surface area contributed by atoms with E-state index in [1.54, 1.807) is 31.3 Å². The SMILES string of the molecule is CO[C@@H]1CCCC[C@@H](N(C)C(=O)c2ccc3ncccc3c2)[C@H]1O. The van der Waals surface area contributed by atoms with Crippen molar-refractivity contribution in [2.45, 2.75) is 43.9 Å². The van der Waals surface area contributed by atoms with Crippen LogP contribution in [0.25, 0.3) is 10.9 Å². The molecule has 128 valence electrons. The molecule has 5 heteroatoms. The number of methoxy groups -OCH3 is 1. The van der Waals surface area contributed by atoms with Crippen LogP contribution in [0.1, 0.15) is 36.0 Å². The number of carbonyl (C=O) groups is 1. The molecule has 0 bridgehead atoms. The van der Waals surface area contributed by atoms with Gasteiger partial charge in [-0.25, -0.2) is 0 Å². The van der Waals surface area contributed by atoms with Gasteiger partial charge in [0.05, 0.1) is 17.7 Å². The zero-order valence-electron chi connectivity index (χ0n) is 14.2. The molecular formula is C19H24N2O3. The maximum Gasteiger partial charge on any atom is 0.253 e. The van der Waals surface area contributed by atoms with Crippen LogP contribution in [0.5, 0.6) is 0 Å². The van der Waals surface area contributed by atoms with Crippen molar-refractivity contribution in [1.82, 2.24) is 9.88 Å². The van der Waals surface area contributed by atoms with Gasteiger partial charge in [-0.05, 0) is 37.1 Å². The molecule has 3 rings (SSSR count). The predicted octanol–water partition coefficient (Wildman–Crippen LogP) is 2.63. The number of aromatic nitrogens is 1. The van der Waals surface area contributed by atoms with Crippen LogP contribution in [-0.2, 0) is 4.74 Å². The van der Waals surface area contributed by atoms with Crippen LogP contribution in [0.2, 0.25) is 0 Å². The molecule has 1 heterocycles. The van der Waals surface area contributed by atoms with Gasteiger partial charge in [0.2, 0.25) is 0 Å². The van der Waals surface area contributed by atoms with E-state index in [9.17, 15) is 9.90 Å². The van der Waals surface area contributed by atoms with Crippen LogP contribution in [0.15, 0.2) is 36.5 Å². The third-order valence-electron chi connectivity index (χ3n) is 4.98. The van der Waals surface area contributed by atoms with E-state index in [1.807, 2.05) is 24.3 Å². The molecule has 1 amide bonds. The lowest BCUT2D eigenvalue weighted by Gasteiger charge is -2.33. The molecule has 0 radical (unpaired) electrons. The summed E-state index contributed by atoms with van der Waals surface area (Å²) >= 11 is 0. The van der Waals surface area contributed by atoms with E-state index < -0.39 is 6.10 Å². The fourth-order valence-electron chi connectivity index (χ4n) is 3.53. The smallest absolute Gasteiger partial charge is 0.253 e. The molecule has 1 aliphatic rings. The van der Waals surface area contributed by atoms with Crippen molar-refractivity contribution in [3.63, 3.8) is 0 Å². The summed E-state index contributed by atoms with van der Waals surface area (Å²) in [4.78, 5) is 18.8. The number of fused-ring (bicyclic) bond motifs is 1. The monoisotopic (exact) mass is 328 g/mol. The lowest BCUT2D eigenvalue weighted by molar-refractivity contribution is -0.0462. The Hall–Kier alpha value is -1.98. The van der Waals surface area contributed by atoms with Gasteiger partial charge in [0.25, 0.3) is 5.91 Å². The number of benzene rings is 1. The zero-order valence-corrected chi connectivity index (χ0v) is 14.2. The first-order valence-electron chi connectivity index (χ1n) is 8.44. The largest absolute Gasteiger partial charge is 0.388 e. The van der Waals surface area contributed by atoms with E-state index in [1.165, 1.54) is 0 Å². The Bertz CT molecular complexity index is 719. The van der Waals surface area contributed by atoms with Crippen LogP contribution in [-0.4, -0.2) is 53.3 Å². The molecule has 1 aromatic heterocycles. The molecular weight excluding hydrogens is 304 g/mol. The van der Waals surface area contributed by atoms with E-state index in [-0.39, 0.29) is 18.1 Å². The summed E-state index contributed by atoms with van der Waals surface area (Å²) < 4.78 is 5.41. The summed E-state index contributed by atoms with van der Waals surface area (Å²) in [6.07, 6.45) is 4.48. The van der Waals surface area contributed by atoms with Crippen molar-refractivity contribution in [2.75, 3.05) is 14.2 Å². The number of hydrogen-bond donors (Lipinski definition) is 1. The molecule has 1 aliphatic carbocycles. The Morgan fingerprint density at radius 2 is 2.08 bits per heavy atom. The van der Waals surface area contributed by atoms with Crippen molar-refractivity contribution < 1.29 is 14.6 Å². The summed E-state index contributed by atoms with van der Waals surface area (Å²) in [7, 11) is 3.39. The summed E-state index contributed by atoms with van der Waals surface area (Å²) in [6, 6.07) is 9.09. The highest BCUT2D eigenvalue weighted by Gasteiger charge is 2.34. The number of amides is 1. The lowest BCUT2D eigenvalue weighted by Crippen LogP contribution is -2.48. The second-order valence-corrected chi connectivity index (χ2v) is 6.44. The van der Waals surface area contributed by atoms with Gasteiger partial charge in [0, 0.05) is 31.3 Å². The van der Waals surface area contributed by atoms with Crippen molar-refractivity contribution in [3.8, 4) is 0 Å². The maximum atomic E-state index is 12.9. The number of ether oxygens (including phenoxy) is 1. The van der Waals surface area contributed by atoms with Gasteiger partial charge >= 0.3 is 0 Å². The van der Waals surface area contributed by atoms with Crippen molar-refractivity contribution >= 4 is 16.8 Å².